The minimum Gasteiger partial charge on any atom is -0.476 e. The number of nitrogen functional groups attached to an aromatic ring is 1. The Hall–Kier alpha value is -0.790. The summed E-state index contributed by atoms with van der Waals surface area (Å²) in [4.78, 5) is 10.5. The molecule has 3 N–H and O–H groups in total. The molecule has 0 radical (unpaired) electrons. The highest BCUT2D eigenvalue weighted by Gasteiger charge is 2.16. The van der Waals surface area contributed by atoms with Crippen LogP contribution in [0.3, 0.4) is 0 Å². The van der Waals surface area contributed by atoms with Crippen molar-refractivity contribution in [2.75, 3.05) is 5.73 Å². The second kappa shape index (κ2) is 2.68. The molecule has 0 amide bonds. The van der Waals surface area contributed by atoms with E-state index in [1.54, 1.807) is 7.05 Å². The van der Waals surface area contributed by atoms with Crippen LogP contribution in [0.1, 0.15) is 10.5 Å². The lowest BCUT2D eigenvalue weighted by Gasteiger charge is -1.92. The number of aryl methyl sites for hydroxylation is 1. The van der Waals surface area contributed by atoms with E-state index in [4.69, 9.17) is 10.8 Å². The van der Waals surface area contributed by atoms with Gasteiger partial charge in [0, 0.05) is 7.05 Å². The van der Waals surface area contributed by atoms with Gasteiger partial charge in [-0.25, -0.2) is 4.79 Å². The van der Waals surface area contributed by atoms with E-state index in [1.807, 2.05) is 22.6 Å². The summed E-state index contributed by atoms with van der Waals surface area (Å²) in [7, 11) is 1.54. The van der Waals surface area contributed by atoms with E-state index < -0.39 is 5.97 Å². The lowest BCUT2D eigenvalue weighted by Crippen LogP contribution is -2.06. The maximum atomic E-state index is 10.5. The minimum atomic E-state index is -1.01. The summed E-state index contributed by atoms with van der Waals surface area (Å²) in [6.45, 7) is 0. The number of halogens is 1. The third-order valence-electron chi connectivity index (χ3n) is 1.22. The summed E-state index contributed by atoms with van der Waals surface area (Å²) < 4.78 is 1.73. The summed E-state index contributed by atoms with van der Waals surface area (Å²) >= 11 is 1.85. The average Bonchev–Trinajstić information content (AvgIpc) is 2.07. The first-order valence-electron chi connectivity index (χ1n) is 2.75. The van der Waals surface area contributed by atoms with Gasteiger partial charge in [0.25, 0.3) is 0 Å². The minimum absolute atomic E-state index is 0.128. The Bertz CT molecular complexity index is 307. The smallest absolute Gasteiger partial charge is 0.355 e. The Morgan fingerprint density at radius 2 is 2.36 bits per heavy atom. The highest BCUT2D eigenvalue weighted by molar-refractivity contribution is 14.1. The first-order valence-corrected chi connectivity index (χ1v) is 3.83. The normalized spacial score (nSPS) is 10.0. The third-order valence-corrected chi connectivity index (χ3v) is 2.28. The Labute approximate surface area is 76.3 Å². The van der Waals surface area contributed by atoms with E-state index in [0.29, 0.717) is 3.57 Å². The number of carbonyl (C=O) groups is 1. The van der Waals surface area contributed by atoms with Crippen LogP contribution in [-0.2, 0) is 7.05 Å². The van der Waals surface area contributed by atoms with E-state index in [9.17, 15) is 4.79 Å². The van der Waals surface area contributed by atoms with E-state index in [0.717, 1.165) is 0 Å². The molecular formula is C5H6IN3O2. The van der Waals surface area contributed by atoms with Crippen molar-refractivity contribution in [1.82, 2.24) is 9.78 Å². The topological polar surface area (TPSA) is 81.1 Å². The third kappa shape index (κ3) is 1.30. The fraction of sp³-hybridized carbons (Fsp3) is 0.200. The summed E-state index contributed by atoms with van der Waals surface area (Å²) in [6, 6.07) is 0. The number of nitrogens with zero attached hydrogens (tertiary/aromatic N) is 2. The zero-order valence-electron chi connectivity index (χ0n) is 5.71. The zero-order valence-corrected chi connectivity index (χ0v) is 7.86. The average molecular weight is 267 g/mol. The molecule has 0 unspecified atom stereocenters. The van der Waals surface area contributed by atoms with Crippen LogP contribution < -0.4 is 5.73 Å². The van der Waals surface area contributed by atoms with Gasteiger partial charge in [-0.15, -0.1) is 0 Å². The van der Waals surface area contributed by atoms with E-state index >= 15 is 0 Å². The lowest BCUT2D eigenvalue weighted by molar-refractivity contribution is 0.0684. The van der Waals surface area contributed by atoms with E-state index in [-0.39, 0.29) is 11.5 Å². The molecule has 0 saturated carbocycles. The number of carboxylic acid groups (broad SMARTS) is 1. The summed E-state index contributed by atoms with van der Waals surface area (Å²) in [5, 5.41) is 12.4. The maximum absolute atomic E-state index is 10.5. The van der Waals surface area contributed by atoms with Crippen molar-refractivity contribution >= 4 is 34.4 Å². The molecule has 1 aromatic rings. The molecule has 1 rings (SSSR count). The number of nitrogens with two attached hydrogens (primary N) is 1. The molecule has 0 aliphatic carbocycles. The van der Waals surface area contributed by atoms with Crippen molar-refractivity contribution in [3.8, 4) is 0 Å². The number of carboxylic acids is 1. The van der Waals surface area contributed by atoms with Gasteiger partial charge in [-0.2, -0.15) is 5.10 Å². The van der Waals surface area contributed by atoms with Crippen LogP contribution in [0.25, 0.3) is 0 Å². The van der Waals surface area contributed by atoms with Crippen LogP contribution in [0.2, 0.25) is 0 Å². The van der Waals surface area contributed by atoms with Crippen LogP contribution in [0, 0.1) is 3.57 Å². The van der Waals surface area contributed by atoms with Crippen molar-refractivity contribution in [2.24, 2.45) is 7.05 Å². The van der Waals surface area contributed by atoms with Gasteiger partial charge in [-0.1, -0.05) is 0 Å². The summed E-state index contributed by atoms with van der Waals surface area (Å²) in [5.74, 6) is -0.758. The molecule has 11 heavy (non-hydrogen) atoms. The monoisotopic (exact) mass is 267 g/mol. The van der Waals surface area contributed by atoms with Crippen molar-refractivity contribution in [2.45, 2.75) is 0 Å². The molecule has 0 saturated heterocycles. The maximum Gasteiger partial charge on any atom is 0.355 e. The molecular weight excluding hydrogens is 261 g/mol. The Morgan fingerprint density at radius 3 is 2.55 bits per heavy atom. The van der Waals surface area contributed by atoms with Gasteiger partial charge in [0.15, 0.2) is 11.5 Å². The summed E-state index contributed by atoms with van der Waals surface area (Å²) in [6.07, 6.45) is 0. The number of aromatic nitrogens is 2. The molecule has 0 fully saturated rings. The van der Waals surface area contributed by atoms with Gasteiger partial charge < -0.3 is 10.8 Å². The molecule has 60 valence electrons. The van der Waals surface area contributed by atoms with Gasteiger partial charge in [0.05, 0.1) is 3.57 Å². The van der Waals surface area contributed by atoms with Crippen molar-refractivity contribution in [1.29, 1.82) is 0 Å². The van der Waals surface area contributed by atoms with Crippen LogP contribution >= 0.6 is 22.6 Å². The quantitative estimate of drug-likeness (QED) is 0.717. The van der Waals surface area contributed by atoms with Crippen LogP contribution in [0.5, 0.6) is 0 Å². The van der Waals surface area contributed by atoms with Gasteiger partial charge >= 0.3 is 5.97 Å². The highest BCUT2D eigenvalue weighted by Crippen LogP contribution is 2.17. The van der Waals surface area contributed by atoms with Crippen LogP contribution in [-0.4, -0.2) is 20.9 Å². The molecule has 1 heterocycles. The predicted molar refractivity (Wildman–Crippen MR) is 47.3 cm³/mol. The molecule has 1 aromatic heterocycles. The Kier molecular flexibility index (Phi) is 2.03. The number of aromatic carboxylic acids is 1. The second-order valence-electron chi connectivity index (χ2n) is 1.98. The van der Waals surface area contributed by atoms with Crippen molar-refractivity contribution in [3.05, 3.63) is 9.26 Å². The molecule has 0 bridgehead atoms. The Morgan fingerprint density at radius 1 is 1.82 bits per heavy atom. The molecule has 0 atom stereocenters. The summed E-state index contributed by atoms with van der Waals surface area (Å²) in [5.41, 5.74) is 5.50. The Balaban J connectivity index is 3.34. The van der Waals surface area contributed by atoms with Crippen LogP contribution in [0.15, 0.2) is 0 Å². The molecule has 0 aromatic carbocycles. The fourth-order valence-electron chi connectivity index (χ4n) is 0.751. The zero-order chi connectivity index (χ0) is 8.59. The number of anilines is 1. The number of rotatable bonds is 1. The molecule has 5 nitrogen and oxygen atoms in total. The van der Waals surface area contributed by atoms with E-state index in [2.05, 4.69) is 5.10 Å². The van der Waals surface area contributed by atoms with Gasteiger partial charge in [0.1, 0.15) is 0 Å². The SMILES string of the molecule is Cn1nc(N)c(I)c1C(=O)O. The molecule has 0 aliphatic rings. The molecule has 0 spiro atoms. The second-order valence-corrected chi connectivity index (χ2v) is 3.06. The van der Waals surface area contributed by atoms with Crippen molar-refractivity contribution in [3.63, 3.8) is 0 Å². The van der Waals surface area contributed by atoms with Crippen molar-refractivity contribution < 1.29 is 9.90 Å². The van der Waals surface area contributed by atoms with Gasteiger partial charge in [-0.05, 0) is 22.6 Å². The predicted octanol–water partition coefficient (Wildman–Crippen LogP) is 0.305. The van der Waals surface area contributed by atoms with Crippen LogP contribution in [0.4, 0.5) is 5.82 Å². The number of hydrogen-bond acceptors (Lipinski definition) is 3. The van der Waals surface area contributed by atoms with Gasteiger partial charge in [0.2, 0.25) is 0 Å². The largest absolute Gasteiger partial charge is 0.476 e. The first-order chi connectivity index (χ1) is 5.04. The fourth-order valence-corrected chi connectivity index (χ4v) is 1.44. The standard InChI is InChI=1S/C5H6IN3O2/c1-9-3(5(10)11)2(6)4(7)8-9/h1H3,(H2,7,8)(H,10,11). The molecule has 0 aliphatic heterocycles. The van der Waals surface area contributed by atoms with E-state index in [1.165, 1.54) is 4.68 Å². The van der Waals surface area contributed by atoms with Gasteiger partial charge in [-0.3, -0.25) is 4.68 Å². The highest BCUT2D eigenvalue weighted by atomic mass is 127. The molecule has 6 heteroatoms. The lowest BCUT2D eigenvalue weighted by atomic mass is 10.4. The number of hydrogen-bond donors (Lipinski definition) is 2. The first kappa shape index (κ1) is 8.31.